The number of sulfonamides is 1. The zero-order valence-electron chi connectivity index (χ0n) is 16.7. The predicted molar refractivity (Wildman–Crippen MR) is 110 cm³/mol. The van der Waals surface area contributed by atoms with E-state index in [1.807, 2.05) is 32.0 Å². The minimum absolute atomic E-state index is 0.0917. The third kappa shape index (κ3) is 3.68. The minimum atomic E-state index is -3.82. The van der Waals surface area contributed by atoms with Gasteiger partial charge in [-0.3, -0.25) is 0 Å². The Bertz CT molecular complexity index is 1150. The van der Waals surface area contributed by atoms with Crippen LogP contribution in [0.25, 0.3) is 11.3 Å². The number of methoxy groups -OCH3 is 1. The summed E-state index contributed by atoms with van der Waals surface area (Å²) in [4.78, 5) is 0.0917. The Morgan fingerprint density at radius 2 is 1.97 bits per heavy atom. The molecule has 0 spiro atoms. The number of aryl methyl sites for hydroxylation is 2. The summed E-state index contributed by atoms with van der Waals surface area (Å²) in [6, 6.07) is 12.8. The molecule has 7 heteroatoms. The minimum Gasteiger partial charge on any atom is -0.495 e. The molecule has 0 amide bonds. The van der Waals surface area contributed by atoms with Gasteiger partial charge in [-0.05, 0) is 62.4 Å². The van der Waals surface area contributed by atoms with E-state index in [1.54, 1.807) is 18.2 Å². The maximum Gasteiger partial charge on any atom is 0.244 e. The number of benzene rings is 2. The highest BCUT2D eigenvalue weighted by atomic mass is 32.2. The number of fused-ring (bicyclic) bond motifs is 1. The van der Waals surface area contributed by atoms with E-state index in [4.69, 9.17) is 9.26 Å². The lowest BCUT2D eigenvalue weighted by Gasteiger charge is -2.26. The molecule has 1 aliphatic rings. The van der Waals surface area contributed by atoms with Crippen LogP contribution in [0.15, 0.2) is 51.9 Å². The van der Waals surface area contributed by atoms with Crippen LogP contribution in [-0.2, 0) is 16.4 Å². The first-order valence-corrected chi connectivity index (χ1v) is 11.1. The molecule has 3 aromatic rings. The van der Waals surface area contributed by atoms with Crippen LogP contribution in [-0.4, -0.2) is 20.7 Å². The van der Waals surface area contributed by atoms with Crippen LogP contribution in [0.4, 0.5) is 0 Å². The largest absolute Gasteiger partial charge is 0.495 e. The summed E-state index contributed by atoms with van der Waals surface area (Å²) >= 11 is 0. The molecule has 152 valence electrons. The lowest BCUT2D eigenvalue weighted by molar-refractivity contribution is 0.401. The summed E-state index contributed by atoms with van der Waals surface area (Å²) < 4.78 is 40.3. The van der Waals surface area contributed by atoms with Gasteiger partial charge in [0.1, 0.15) is 10.6 Å². The number of hydrogen-bond donors (Lipinski definition) is 1. The third-order valence-electron chi connectivity index (χ3n) is 5.54. The van der Waals surface area contributed by atoms with E-state index in [1.165, 1.54) is 12.7 Å². The average molecular weight is 413 g/mol. The Morgan fingerprint density at radius 3 is 2.69 bits per heavy atom. The molecule has 29 heavy (non-hydrogen) atoms. The summed E-state index contributed by atoms with van der Waals surface area (Å²) in [6.45, 7) is 3.75. The SMILES string of the molecule is COc1ccc(-c2onc(C)c2C)cc1S(=O)(=O)NC1CCCc2ccccc21. The molecule has 0 bridgehead atoms. The molecule has 1 unspecified atom stereocenters. The first-order chi connectivity index (χ1) is 13.9. The van der Waals surface area contributed by atoms with Crippen LogP contribution in [0.1, 0.15) is 41.3 Å². The lowest BCUT2D eigenvalue weighted by Crippen LogP contribution is -2.31. The average Bonchev–Trinajstić information content (AvgIpc) is 3.06. The van der Waals surface area contributed by atoms with Crippen molar-refractivity contribution in [3.8, 4) is 17.1 Å². The highest BCUT2D eigenvalue weighted by Crippen LogP contribution is 2.35. The van der Waals surface area contributed by atoms with Gasteiger partial charge in [0, 0.05) is 17.2 Å². The number of aromatic nitrogens is 1. The van der Waals surface area contributed by atoms with Crippen molar-refractivity contribution in [3.63, 3.8) is 0 Å². The van der Waals surface area contributed by atoms with Gasteiger partial charge < -0.3 is 9.26 Å². The fourth-order valence-corrected chi connectivity index (χ4v) is 5.28. The normalized spacial score (nSPS) is 16.4. The molecule has 0 saturated carbocycles. The molecule has 4 rings (SSSR count). The summed E-state index contributed by atoms with van der Waals surface area (Å²) in [5, 5.41) is 3.97. The standard InChI is InChI=1S/C22H24N2O4S/c1-14-15(2)23-28-22(14)17-11-12-20(27-3)21(13-17)29(25,26)24-19-10-6-8-16-7-4-5-9-18(16)19/h4-5,7,9,11-13,19,24H,6,8,10H2,1-3H3. The highest BCUT2D eigenvalue weighted by Gasteiger charge is 2.28. The number of nitrogens with zero attached hydrogens (tertiary/aromatic N) is 1. The van der Waals surface area contributed by atoms with Crippen molar-refractivity contribution in [1.82, 2.24) is 9.88 Å². The Balaban J connectivity index is 1.73. The van der Waals surface area contributed by atoms with Gasteiger partial charge in [-0.1, -0.05) is 29.4 Å². The second-order valence-electron chi connectivity index (χ2n) is 7.35. The molecule has 1 aliphatic carbocycles. The maximum atomic E-state index is 13.3. The van der Waals surface area contributed by atoms with Crippen molar-refractivity contribution < 1.29 is 17.7 Å². The van der Waals surface area contributed by atoms with Crippen molar-refractivity contribution >= 4 is 10.0 Å². The summed E-state index contributed by atoms with van der Waals surface area (Å²) in [5.41, 5.74) is 4.54. The molecule has 0 fully saturated rings. The molecular weight excluding hydrogens is 388 g/mol. The Hall–Kier alpha value is -2.64. The number of rotatable bonds is 5. The van der Waals surface area contributed by atoms with Crippen LogP contribution in [0.2, 0.25) is 0 Å². The van der Waals surface area contributed by atoms with Crippen LogP contribution >= 0.6 is 0 Å². The topological polar surface area (TPSA) is 81.4 Å². The first-order valence-electron chi connectivity index (χ1n) is 9.62. The zero-order chi connectivity index (χ0) is 20.6. The van der Waals surface area contributed by atoms with Crippen LogP contribution < -0.4 is 9.46 Å². The summed E-state index contributed by atoms with van der Waals surface area (Å²) in [5.74, 6) is 0.851. The molecule has 6 nitrogen and oxygen atoms in total. The van der Waals surface area contributed by atoms with Gasteiger partial charge in [0.05, 0.1) is 12.8 Å². The van der Waals surface area contributed by atoms with E-state index in [0.29, 0.717) is 17.1 Å². The predicted octanol–water partition coefficient (Wildman–Crippen LogP) is 4.32. The molecule has 0 aliphatic heterocycles. The van der Waals surface area contributed by atoms with Crippen molar-refractivity contribution in [1.29, 1.82) is 0 Å². The van der Waals surface area contributed by atoms with E-state index in [2.05, 4.69) is 15.9 Å². The van der Waals surface area contributed by atoms with Crippen LogP contribution in [0.3, 0.4) is 0 Å². The van der Waals surface area contributed by atoms with Gasteiger partial charge in [0.25, 0.3) is 0 Å². The molecule has 1 aromatic heterocycles. The van der Waals surface area contributed by atoms with Crippen molar-refractivity contribution in [2.75, 3.05) is 7.11 Å². The summed E-state index contributed by atoms with van der Waals surface area (Å²) in [6.07, 6.45) is 2.67. The van der Waals surface area contributed by atoms with Gasteiger partial charge in [-0.25, -0.2) is 13.1 Å². The third-order valence-corrected chi connectivity index (χ3v) is 7.03. The Kier molecular flexibility index (Phi) is 5.19. The van der Waals surface area contributed by atoms with E-state index >= 15 is 0 Å². The number of nitrogens with one attached hydrogen (secondary N) is 1. The molecule has 0 radical (unpaired) electrons. The Labute approximate surface area is 170 Å². The molecule has 2 aromatic carbocycles. The summed E-state index contributed by atoms with van der Waals surface area (Å²) in [7, 11) is -2.35. The van der Waals surface area contributed by atoms with Gasteiger partial charge in [-0.15, -0.1) is 0 Å². The fourth-order valence-electron chi connectivity index (χ4n) is 3.84. The van der Waals surface area contributed by atoms with Gasteiger partial charge in [0.15, 0.2) is 5.76 Å². The van der Waals surface area contributed by atoms with Crippen molar-refractivity contribution in [2.45, 2.75) is 44.0 Å². The number of hydrogen-bond acceptors (Lipinski definition) is 5. The van der Waals surface area contributed by atoms with E-state index in [-0.39, 0.29) is 10.9 Å². The fraction of sp³-hybridized carbons (Fsp3) is 0.318. The molecular formula is C22H24N2O4S. The van der Waals surface area contributed by atoms with Crippen molar-refractivity contribution in [3.05, 3.63) is 64.8 Å². The maximum absolute atomic E-state index is 13.3. The smallest absolute Gasteiger partial charge is 0.244 e. The molecule has 1 atom stereocenters. The molecule has 0 saturated heterocycles. The molecule has 1 heterocycles. The van der Waals surface area contributed by atoms with E-state index in [9.17, 15) is 8.42 Å². The second kappa shape index (κ2) is 7.65. The van der Waals surface area contributed by atoms with Gasteiger partial charge >= 0.3 is 0 Å². The van der Waals surface area contributed by atoms with Crippen LogP contribution in [0.5, 0.6) is 5.75 Å². The monoisotopic (exact) mass is 412 g/mol. The quantitative estimate of drug-likeness (QED) is 0.675. The first kappa shape index (κ1) is 19.7. The van der Waals surface area contributed by atoms with Crippen molar-refractivity contribution in [2.24, 2.45) is 0 Å². The molecule has 1 N–H and O–H groups in total. The van der Waals surface area contributed by atoms with Gasteiger partial charge in [-0.2, -0.15) is 0 Å². The zero-order valence-corrected chi connectivity index (χ0v) is 17.5. The van der Waals surface area contributed by atoms with E-state index in [0.717, 1.165) is 36.1 Å². The van der Waals surface area contributed by atoms with Gasteiger partial charge in [0.2, 0.25) is 10.0 Å². The van der Waals surface area contributed by atoms with Crippen LogP contribution in [0, 0.1) is 13.8 Å². The highest BCUT2D eigenvalue weighted by molar-refractivity contribution is 7.89. The lowest BCUT2D eigenvalue weighted by atomic mass is 9.88. The van der Waals surface area contributed by atoms with E-state index < -0.39 is 10.0 Å². The Morgan fingerprint density at radius 1 is 1.17 bits per heavy atom. The second-order valence-corrected chi connectivity index (χ2v) is 9.04. The number of ether oxygens (including phenoxy) is 1.